The topological polar surface area (TPSA) is 54.0 Å². The predicted octanol–water partition coefficient (Wildman–Crippen LogP) is 1.80. The fourth-order valence-corrected chi connectivity index (χ4v) is 2.99. The molecule has 1 unspecified atom stereocenters. The number of thioether (sulfide) groups is 1. The van der Waals surface area contributed by atoms with Crippen LogP contribution in [0.1, 0.15) is 5.56 Å². The summed E-state index contributed by atoms with van der Waals surface area (Å²) in [6.45, 7) is 2.81. The molecule has 2 heterocycles. The van der Waals surface area contributed by atoms with Gasteiger partial charge in [0.05, 0.1) is 6.04 Å². The summed E-state index contributed by atoms with van der Waals surface area (Å²) in [6, 6.07) is 1.82. The number of rotatable bonds is 2. The van der Waals surface area contributed by atoms with Crippen LogP contribution in [0.4, 0.5) is 5.82 Å². The number of hydrogen-bond donors (Lipinski definition) is 2. The van der Waals surface area contributed by atoms with Crippen LogP contribution < -0.4 is 10.6 Å². The molecule has 92 valence electrons. The van der Waals surface area contributed by atoms with Gasteiger partial charge >= 0.3 is 0 Å². The van der Waals surface area contributed by atoms with Gasteiger partial charge in [-0.25, -0.2) is 4.98 Å². The Labute approximate surface area is 113 Å². The molecule has 0 saturated carbocycles. The van der Waals surface area contributed by atoms with Gasteiger partial charge in [0.2, 0.25) is 5.91 Å². The molecule has 1 saturated heterocycles. The summed E-state index contributed by atoms with van der Waals surface area (Å²) in [5.41, 5.74) is 0.955. The van der Waals surface area contributed by atoms with Crippen LogP contribution in [0.2, 0.25) is 0 Å². The van der Waals surface area contributed by atoms with Gasteiger partial charge in [-0.1, -0.05) is 0 Å². The van der Waals surface area contributed by atoms with Crippen LogP contribution in [-0.4, -0.2) is 35.0 Å². The molecule has 0 aromatic carbocycles. The van der Waals surface area contributed by atoms with E-state index in [4.69, 9.17) is 0 Å². The van der Waals surface area contributed by atoms with Crippen molar-refractivity contribution in [3.05, 3.63) is 22.3 Å². The molecule has 2 rings (SSSR count). The number of carbonyl (C=O) groups excluding carboxylic acids is 1. The van der Waals surface area contributed by atoms with Crippen molar-refractivity contribution >= 4 is 39.4 Å². The molecule has 1 fully saturated rings. The third kappa shape index (κ3) is 3.43. The van der Waals surface area contributed by atoms with Gasteiger partial charge in [0.1, 0.15) is 5.82 Å². The van der Waals surface area contributed by atoms with E-state index in [0.29, 0.717) is 5.82 Å². The van der Waals surface area contributed by atoms with Crippen molar-refractivity contribution in [2.75, 3.05) is 23.4 Å². The van der Waals surface area contributed by atoms with Crippen LogP contribution in [0, 0.1) is 6.92 Å². The highest BCUT2D eigenvalue weighted by Gasteiger charge is 2.21. The van der Waals surface area contributed by atoms with Crippen molar-refractivity contribution in [3.8, 4) is 0 Å². The lowest BCUT2D eigenvalue weighted by atomic mass is 10.2. The van der Waals surface area contributed by atoms with Crippen LogP contribution in [0.5, 0.6) is 0 Å². The zero-order valence-electron chi connectivity index (χ0n) is 9.50. The van der Waals surface area contributed by atoms with E-state index in [9.17, 15) is 4.79 Å². The van der Waals surface area contributed by atoms with Gasteiger partial charge in [0.25, 0.3) is 0 Å². The summed E-state index contributed by atoms with van der Waals surface area (Å²) in [4.78, 5) is 16.2. The van der Waals surface area contributed by atoms with Crippen molar-refractivity contribution in [2.45, 2.75) is 13.0 Å². The smallest absolute Gasteiger partial charge is 0.243 e. The average Bonchev–Trinajstić information content (AvgIpc) is 2.34. The predicted molar refractivity (Wildman–Crippen MR) is 74.4 cm³/mol. The Balaban J connectivity index is 2.02. The van der Waals surface area contributed by atoms with Gasteiger partial charge in [0.15, 0.2) is 0 Å². The van der Waals surface area contributed by atoms with E-state index >= 15 is 0 Å². The standard InChI is InChI=1S/C11H14BrN3OS/c1-7-4-8(12)5-14-10(7)15-11(16)9-6-17-3-2-13-9/h4-5,9,13H,2-3,6H2,1H3,(H,14,15,16). The Morgan fingerprint density at radius 1 is 1.71 bits per heavy atom. The number of carbonyl (C=O) groups is 1. The highest BCUT2D eigenvalue weighted by Crippen LogP contribution is 2.17. The van der Waals surface area contributed by atoms with Gasteiger partial charge in [-0.3, -0.25) is 4.79 Å². The third-order valence-electron chi connectivity index (χ3n) is 2.52. The molecule has 1 amide bonds. The number of halogens is 1. The first-order valence-corrected chi connectivity index (χ1v) is 7.36. The van der Waals surface area contributed by atoms with Gasteiger partial charge in [-0.15, -0.1) is 0 Å². The van der Waals surface area contributed by atoms with Crippen molar-refractivity contribution < 1.29 is 4.79 Å². The molecule has 17 heavy (non-hydrogen) atoms. The van der Waals surface area contributed by atoms with Crippen molar-refractivity contribution in [1.29, 1.82) is 0 Å². The number of aryl methyl sites for hydroxylation is 1. The first kappa shape index (κ1) is 12.9. The van der Waals surface area contributed by atoms with E-state index in [0.717, 1.165) is 28.1 Å². The van der Waals surface area contributed by atoms with Crippen LogP contribution in [-0.2, 0) is 4.79 Å². The molecule has 1 aliphatic rings. The molecule has 2 N–H and O–H groups in total. The van der Waals surface area contributed by atoms with E-state index < -0.39 is 0 Å². The molecule has 1 atom stereocenters. The van der Waals surface area contributed by atoms with Gasteiger partial charge in [-0.05, 0) is 34.5 Å². The lowest BCUT2D eigenvalue weighted by Crippen LogP contribution is -2.46. The minimum Gasteiger partial charge on any atom is -0.309 e. The lowest BCUT2D eigenvalue weighted by molar-refractivity contribution is -0.117. The Bertz CT molecular complexity index is 421. The normalized spacial score (nSPS) is 20.0. The molecule has 0 aliphatic carbocycles. The maximum absolute atomic E-state index is 12.0. The zero-order chi connectivity index (χ0) is 12.3. The van der Waals surface area contributed by atoms with E-state index in [2.05, 4.69) is 31.5 Å². The van der Waals surface area contributed by atoms with E-state index in [1.807, 2.05) is 13.0 Å². The molecule has 0 spiro atoms. The Morgan fingerprint density at radius 3 is 3.18 bits per heavy atom. The molecule has 1 aromatic rings. The quantitative estimate of drug-likeness (QED) is 0.873. The molecule has 6 heteroatoms. The zero-order valence-corrected chi connectivity index (χ0v) is 11.9. The Kier molecular flexibility index (Phi) is 4.42. The first-order valence-electron chi connectivity index (χ1n) is 5.41. The van der Waals surface area contributed by atoms with Gasteiger partial charge in [-0.2, -0.15) is 11.8 Å². The molecular weight excluding hydrogens is 302 g/mol. The summed E-state index contributed by atoms with van der Waals surface area (Å²) in [5.74, 6) is 2.52. The van der Waals surface area contributed by atoms with Crippen LogP contribution >= 0.6 is 27.7 Å². The summed E-state index contributed by atoms with van der Waals surface area (Å²) in [7, 11) is 0. The van der Waals surface area contributed by atoms with Crippen LogP contribution in [0.3, 0.4) is 0 Å². The average molecular weight is 316 g/mol. The highest BCUT2D eigenvalue weighted by molar-refractivity contribution is 9.10. The Hall–Kier alpha value is -0.590. The maximum atomic E-state index is 12.0. The summed E-state index contributed by atoms with van der Waals surface area (Å²) < 4.78 is 0.916. The SMILES string of the molecule is Cc1cc(Br)cnc1NC(=O)C1CSCCN1. The second-order valence-corrected chi connectivity index (χ2v) is 5.96. The second kappa shape index (κ2) is 5.84. The number of pyridine rings is 1. The first-order chi connectivity index (χ1) is 8.16. The molecule has 0 bridgehead atoms. The molecule has 1 aliphatic heterocycles. The van der Waals surface area contributed by atoms with E-state index in [-0.39, 0.29) is 11.9 Å². The maximum Gasteiger partial charge on any atom is 0.243 e. The fourth-order valence-electron chi connectivity index (χ4n) is 1.61. The van der Waals surface area contributed by atoms with E-state index in [1.54, 1.807) is 18.0 Å². The number of nitrogens with zero attached hydrogens (tertiary/aromatic N) is 1. The largest absolute Gasteiger partial charge is 0.309 e. The Morgan fingerprint density at radius 2 is 2.53 bits per heavy atom. The number of nitrogens with one attached hydrogen (secondary N) is 2. The number of hydrogen-bond acceptors (Lipinski definition) is 4. The lowest BCUT2D eigenvalue weighted by Gasteiger charge is -2.22. The number of aromatic nitrogens is 1. The minimum absolute atomic E-state index is 0.00452. The molecule has 1 aromatic heterocycles. The third-order valence-corrected chi connectivity index (χ3v) is 4.02. The number of amides is 1. The van der Waals surface area contributed by atoms with Gasteiger partial charge in [0, 0.05) is 28.7 Å². The molecular formula is C11H14BrN3OS. The fraction of sp³-hybridized carbons (Fsp3) is 0.455. The molecule has 4 nitrogen and oxygen atoms in total. The van der Waals surface area contributed by atoms with Crippen molar-refractivity contribution in [2.24, 2.45) is 0 Å². The molecule has 0 radical (unpaired) electrons. The summed E-state index contributed by atoms with van der Waals surface area (Å²) in [6.07, 6.45) is 1.69. The van der Waals surface area contributed by atoms with Crippen molar-refractivity contribution in [1.82, 2.24) is 10.3 Å². The van der Waals surface area contributed by atoms with E-state index in [1.165, 1.54) is 0 Å². The second-order valence-electron chi connectivity index (χ2n) is 3.89. The number of anilines is 1. The summed E-state index contributed by atoms with van der Waals surface area (Å²) in [5, 5.41) is 6.06. The monoisotopic (exact) mass is 315 g/mol. The van der Waals surface area contributed by atoms with Crippen molar-refractivity contribution in [3.63, 3.8) is 0 Å². The van der Waals surface area contributed by atoms with Crippen LogP contribution in [0.15, 0.2) is 16.7 Å². The summed E-state index contributed by atoms with van der Waals surface area (Å²) >= 11 is 5.15. The van der Waals surface area contributed by atoms with Gasteiger partial charge < -0.3 is 10.6 Å². The van der Waals surface area contributed by atoms with Crippen LogP contribution in [0.25, 0.3) is 0 Å². The minimum atomic E-state index is -0.112. The highest BCUT2D eigenvalue weighted by atomic mass is 79.9.